The molecule has 4 rings (SSSR count). The monoisotopic (exact) mass is 959 g/mol. The van der Waals surface area contributed by atoms with Crippen LogP contribution in [-0.4, -0.2) is 176 Å². The van der Waals surface area contributed by atoms with Crippen molar-refractivity contribution in [3.63, 3.8) is 0 Å². The van der Waals surface area contributed by atoms with Crippen LogP contribution in [-0.2, 0) is 75.7 Å². The lowest BCUT2D eigenvalue weighted by Gasteiger charge is -2.39. The van der Waals surface area contributed by atoms with E-state index in [9.17, 15) is 67.2 Å². The lowest BCUT2D eigenvalue weighted by molar-refractivity contribution is -0.228. The van der Waals surface area contributed by atoms with E-state index in [4.69, 9.17) is 18.8 Å². The Bertz CT molecular complexity index is 2090. The normalized spacial score (nSPS) is 25.8. The van der Waals surface area contributed by atoms with E-state index in [0.29, 0.717) is 11.1 Å². The minimum atomic E-state index is -4.37. The van der Waals surface area contributed by atoms with Crippen LogP contribution >= 0.6 is 9.24 Å². The first-order valence-electron chi connectivity index (χ1n) is 20.9. The first kappa shape index (κ1) is 52.9. The second-order valence-corrected chi connectivity index (χ2v) is 19.2. The Morgan fingerprint density at radius 2 is 1.62 bits per heavy atom. The van der Waals surface area contributed by atoms with Gasteiger partial charge in [0.15, 0.2) is 6.10 Å². The Balaban J connectivity index is 1.43. The van der Waals surface area contributed by atoms with Crippen LogP contribution in [0.5, 0.6) is 0 Å². The highest BCUT2D eigenvalue weighted by molar-refractivity contribution is 7.85. The minimum absolute atomic E-state index is 0.0512. The first-order chi connectivity index (χ1) is 30.3. The number of ether oxygens (including phenoxy) is 3. The van der Waals surface area contributed by atoms with Crippen LogP contribution in [0.3, 0.4) is 0 Å². The highest BCUT2D eigenvalue weighted by Crippen LogP contribution is 2.31. The standard InChI is InChI=1S/C40H58N5O18PS/c1-18(2)30(43-28(46)15-44-24(17-61-10-11-65(58,59)60)13-25(37(44)53)45-29(47)14-27(64)38(45)54)36(52)41-20(5)35(51)42-23-8-6-22(16-62-40(57)19(3)4)21(12-23)7-9-26-31(48)32(49)33(50)34(63-26)39(55)56/h6,8,12,18-20,24-27,30-34,48-50H,7,9-11,13-17,64H2,1-5H3,(H,41,52)(H,42,51)(H,43,46)(H,55,56)(H,58,59,60)/t20-,24-,25-,26-,27?,30-,31-,32+,33-,34-/m0/s1. The molecular formula is C40H58N5O18PS. The van der Waals surface area contributed by atoms with Gasteiger partial charge in [-0.1, -0.05) is 33.8 Å². The summed E-state index contributed by atoms with van der Waals surface area (Å²) in [6.07, 6.45) is -8.68. The predicted molar refractivity (Wildman–Crippen MR) is 228 cm³/mol. The lowest BCUT2D eigenvalue weighted by atomic mass is 9.91. The van der Waals surface area contributed by atoms with Crippen LogP contribution in [0, 0.1) is 11.8 Å². The topological polar surface area (TPSA) is 342 Å². The molecule has 0 radical (unpaired) electrons. The third-order valence-corrected chi connectivity index (χ3v) is 12.3. The molecule has 3 saturated heterocycles. The third kappa shape index (κ3) is 13.9. The molecule has 1 aromatic carbocycles. The maximum atomic E-state index is 13.7. The third-order valence-electron chi connectivity index (χ3n) is 11.1. The van der Waals surface area contributed by atoms with E-state index in [1.807, 2.05) is 0 Å². The molecule has 0 aliphatic carbocycles. The van der Waals surface area contributed by atoms with Gasteiger partial charge < -0.3 is 55.5 Å². The predicted octanol–water partition coefficient (Wildman–Crippen LogP) is -2.29. The number of benzene rings is 1. The number of hydrogen-bond donors (Lipinski definition) is 8. The highest BCUT2D eigenvalue weighted by Gasteiger charge is 2.51. The zero-order valence-corrected chi connectivity index (χ0v) is 38.4. The Kier molecular flexibility index (Phi) is 18.5. The van der Waals surface area contributed by atoms with Crippen LogP contribution in [0.2, 0.25) is 0 Å². The molecule has 3 aliphatic rings. The number of carboxylic acids is 1. The van der Waals surface area contributed by atoms with Crippen LogP contribution in [0.15, 0.2) is 18.2 Å². The molecule has 25 heteroatoms. The van der Waals surface area contributed by atoms with Crippen molar-refractivity contribution in [1.29, 1.82) is 0 Å². The maximum Gasteiger partial charge on any atom is 0.335 e. The van der Waals surface area contributed by atoms with Gasteiger partial charge in [0.1, 0.15) is 43.0 Å². The smallest absolute Gasteiger partial charge is 0.335 e. The van der Waals surface area contributed by atoms with Gasteiger partial charge in [0.25, 0.3) is 10.1 Å². The maximum absolute atomic E-state index is 13.7. The summed E-state index contributed by atoms with van der Waals surface area (Å²) in [5, 5.41) is 48.2. The second-order valence-electron chi connectivity index (χ2n) is 16.8. The van der Waals surface area contributed by atoms with E-state index in [-0.39, 0.29) is 44.6 Å². The summed E-state index contributed by atoms with van der Waals surface area (Å²) >= 11 is 0. The van der Waals surface area contributed by atoms with Gasteiger partial charge in [0.2, 0.25) is 35.4 Å². The summed E-state index contributed by atoms with van der Waals surface area (Å²) in [6, 6.07) is -0.0325. The van der Waals surface area contributed by atoms with Crippen LogP contribution in [0.4, 0.5) is 5.69 Å². The molecule has 8 N–H and O–H groups in total. The number of hydrogen-bond acceptors (Lipinski definition) is 16. The van der Waals surface area contributed by atoms with Gasteiger partial charge in [0, 0.05) is 12.1 Å². The zero-order chi connectivity index (χ0) is 48.7. The average molecular weight is 960 g/mol. The minimum Gasteiger partial charge on any atom is -0.479 e. The van der Waals surface area contributed by atoms with Gasteiger partial charge in [-0.3, -0.25) is 43.0 Å². The molecule has 3 fully saturated rings. The van der Waals surface area contributed by atoms with Crippen LogP contribution < -0.4 is 16.0 Å². The van der Waals surface area contributed by atoms with Crippen molar-refractivity contribution in [3.05, 3.63) is 29.3 Å². The molecule has 0 spiro atoms. The molecule has 23 nitrogen and oxygen atoms in total. The van der Waals surface area contributed by atoms with E-state index in [1.165, 1.54) is 19.1 Å². The molecule has 3 aliphatic heterocycles. The van der Waals surface area contributed by atoms with Crippen molar-refractivity contribution in [2.24, 2.45) is 11.8 Å². The van der Waals surface area contributed by atoms with Gasteiger partial charge in [-0.25, -0.2) is 4.79 Å². The number of likely N-dealkylation sites (tertiary alicyclic amines) is 2. The summed E-state index contributed by atoms with van der Waals surface area (Å²) in [7, 11) is -2.14. The number of imide groups is 1. The average Bonchev–Trinajstić information content (AvgIpc) is 3.65. The first-order valence-corrected chi connectivity index (χ1v) is 23.1. The Morgan fingerprint density at radius 3 is 2.20 bits per heavy atom. The SMILES string of the molecule is CC(C)C(=O)OCc1ccc(NC(=O)[C@H](C)NC(=O)[C@@H](NC(=O)CN2C(=O)[C@@H](N3C(=O)CC(P)C3=O)C[C@H]2COCCS(=O)(=O)O)C(C)C)cc1CC[C@@H]1O[C@H](C(=O)O)[C@@H](O)[C@H](O)[C@H]1O. The van der Waals surface area contributed by atoms with Gasteiger partial charge in [-0.2, -0.15) is 8.42 Å². The van der Waals surface area contributed by atoms with Crippen molar-refractivity contribution >= 4 is 72.4 Å². The fourth-order valence-corrected chi connectivity index (χ4v) is 8.13. The van der Waals surface area contributed by atoms with Gasteiger partial charge >= 0.3 is 11.9 Å². The van der Waals surface area contributed by atoms with Gasteiger partial charge in [-0.05, 0) is 55.4 Å². The number of carbonyl (C=O) groups is 8. The molecule has 65 heavy (non-hydrogen) atoms. The van der Waals surface area contributed by atoms with Crippen LogP contribution in [0.25, 0.3) is 0 Å². The quantitative estimate of drug-likeness (QED) is 0.0211. The van der Waals surface area contributed by atoms with Crippen molar-refractivity contribution in [1.82, 2.24) is 20.4 Å². The fraction of sp³-hybridized carbons (Fsp3) is 0.650. The molecule has 11 atom stereocenters. The number of nitrogens with zero attached hydrogens (tertiary/aromatic N) is 2. The van der Waals surface area contributed by atoms with E-state index < -0.39 is 149 Å². The summed E-state index contributed by atoms with van der Waals surface area (Å²) in [5.74, 6) is -8.02. The molecule has 2 unspecified atom stereocenters. The summed E-state index contributed by atoms with van der Waals surface area (Å²) in [5.41, 5.74) is 0.441. The van der Waals surface area contributed by atoms with E-state index >= 15 is 0 Å². The van der Waals surface area contributed by atoms with Crippen molar-refractivity contribution < 1.29 is 86.0 Å². The number of aryl methyl sites for hydroxylation is 1. The van der Waals surface area contributed by atoms with Crippen LogP contribution in [0.1, 0.15) is 65.0 Å². The molecule has 3 heterocycles. The number of esters is 1. The number of anilines is 1. The van der Waals surface area contributed by atoms with Crippen molar-refractivity contribution in [3.8, 4) is 0 Å². The van der Waals surface area contributed by atoms with Gasteiger partial charge in [-0.15, -0.1) is 9.24 Å². The summed E-state index contributed by atoms with van der Waals surface area (Å²) in [4.78, 5) is 105. The number of amides is 6. The summed E-state index contributed by atoms with van der Waals surface area (Å²) < 4.78 is 47.6. The number of aliphatic hydroxyl groups excluding tert-OH is 3. The Hall–Kier alpha value is -4.68. The second kappa shape index (κ2) is 22.7. The van der Waals surface area contributed by atoms with E-state index in [1.54, 1.807) is 33.8 Å². The largest absolute Gasteiger partial charge is 0.479 e. The number of rotatable bonds is 21. The molecule has 362 valence electrons. The Morgan fingerprint density at radius 1 is 0.938 bits per heavy atom. The number of carbonyl (C=O) groups excluding carboxylic acids is 7. The molecule has 0 bridgehead atoms. The fourth-order valence-electron chi connectivity index (χ4n) is 7.44. The van der Waals surface area contributed by atoms with Crippen molar-refractivity contribution in [2.75, 3.05) is 30.8 Å². The molecule has 0 saturated carbocycles. The molecular weight excluding hydrogens is 901 g/mol. The van der Waals surface area contributed by atoms with E-state index in [0.717, 1.165) is 9.80 Å². The number of carboxylic acid groups (broad SMARTS) is 1. The zero-order valence-electron chi connectivity index (χ0n) is 36.4. The number of nitrogens with one attached hydrogen (secondary N) is 3. The molecule has 1 aromatic rings. The molecule has 0 aromatic heterocycles. The highest BCUT2D eigenvalue weighted by atomic mass is 32.2. The van der Waals surface area contributed by atoms with Crippen molar-refractivity contribution in [2.45, 2.75) is 127 Å². The number of aliphatic carboxylic acids is 1. The Labute approximate surface area is 377 Å². The lowest BCUT2D eigenvalue weighted by Crippen LogP contribution is -2.59. The molecule has 6 amide bonds. The summed E-state index contributed by atoms with van der Waals surface area (Å²) in [6.45, 7) is 6.29. The van der Waals surface area contributed by atoms with Gasteiger partial charge in [0.05, 0.1) is 49.2 Å². The van der Waals surface area contributed by atoms with E-state index in [2.05, 4.69) is 25.2 Å². The number of aliphatic hydroxyl groups is 3.